The van der Waals surface area contributed by atoms with Crippen molar-refractivity contribution in [3.63, 3.8) is 0 Å². The number of carbonyl (C=O) groups is 2. The SMILES string of the molecule is C1CCOC1.C1CCOC1.O=C(O)c1cc(OCc2ccccc2)cc(C(=O)O)c1. The summed E-state index contributed by atoms with van der Waals surface area (Å²) in [5.41, 5.74) is 0.672. The van der Waals surface area contributed by atoms with Crippen LogP contribution in [0, 0.1) is 0 Å². The maximum Gasteiger partial charge on any atom is 0.335 e. The van der Waals surface area contributed by atoms with E-state index in [-0.39, 0.29) is 23.5 Å². The van der Waals surface area contributed by atoms with Crippen LogP contribution in [0.5, 0.6) is 5.75 Å². The van der Waals surface area contributed by atoms with Crippen molar-refractivity contribution in [2.24, 2.45) is 0 Å². The van der Waals surface area contributed by atoms with Crippen LogP contribution >= 0.6 is 0 Å². The number of aromatic carboxylic acids is 2. The van der Waals surface area contributed by atoms with Crippen molar-refractivity contribution in [2.75, 3.05) is 26.4 Å². The van der Waals surface area contributed by atoms with Crippen LogP contribution in [0.15, 0.2) is 48.5 Å². The van der Waals surface area contributed by atoms with Gasteiger partial charge in [-0.3, -0.25) is 0 Å². The molecule has 7 heteroatoms. The maximum absolute atomic E-state index is 11.0. The number of carboxylic acid groups (broad SMARTS) is 2. The first-order chi connectivity index (χ1) is 14.6. The Labute approximate surface area is 176 Å². The molecule has 2 aliphatic rings. The second-order valence-electron chi connectivity index (χ2n) is 6.77. The number of carboxylic acids is 2. The number of hydrogen-bond donors (Lipinski definition) is 2. The third-order valence-corrected chi connectivity index (χ3v) is 4.30. The van der Waals surface area contributed by atoms with Gasteiger partial charge < -0.3 is 24.4 Å². The van der Waals surface area contributed by atoms with Crippen molar-refractivity contribution in [3.05, 3.63) is 65.2 Å². The Bertz CT molecular complexity index is 724. The normalized spacial score (nSPS) is 14.7. The summed E-state index contributed by atoms with van der Waals surface area (Å²) < 4.78 is 15.3. The van der Waals surface area contributed by atoms with Gasteiger partial charge in [0.2, 0.25) is 0 Å². The zero-order valence-corrected chi connectivity index (χ0v) is 16.9. The highest BCUT2D eigenvalue weighted by molar-refractivity contribution is 5.94. The molecular formula is C23H28O7. The Morgan fingerprint density at radius 3 is 1.60 bits per heavy atom. The summed E-state index contributed by atoms with van der Waals surface area (Å²) in [7, 11) is 0. The minimum absolute atomic E-state index is 0.118. The molecule has 0 radical (unpaired) electrons. The third-order valence-electron chi connectivity index (χ3n) is 4.30. The first-order valence-electron chi connectivity index (χ1n) is 10.00. The second kappa shape index (κ2) is 13.3. The molecule has 2 aromatic carbocycles. The molecule has 162 valence electrons. The maximum atomic E-state index is 11.0. The average Bonchev–Trinajstić information content (AvgIpc) is 3.52. The topological polar surface area (TPSA) is 102 Å². The lowest BCUT2D eigenvalue weighted by molar-refractivity contribution is 0.0696. The van der Waals surface area contributed by atoms with Gasteiger partial charge in [0.15, 0.2) is 0 Å². The van der Waals surface area contributed by atoms with Crippen molar-refractivity contribution in [3.8, 4) is 5.75 Å². The van der Waals surface area contributed by atoms with E-state index in [1.807, 2.05) is 30.3 Å². The van der Waals surface area contributed by atoms with E-state index in [9.17, 15) is 9.59 Å². The lowest BCUT2D eigenvalue weighted by Gasteiger charge is -2.08. The summed E-state index contributed by atoms with van der Waals surface area (Å²) in [5, 5.41) is 17.9. The van der Waals surface area contributed by atoms with Gasteiger partial charge in [0.1, 0.15) is 12.4 Å². The Hall–Kier alpha value is -2.90. The summed E-state index contributed by atoms with van der Waals surface area (Å²) in [6.45, 7) is 4.24. The van der Waals surface area contributed by atoms with Crippen molar-refractivity contribution >= 4 is 11.9 Å². The highest BCUT2D eigenvalue weighted by atomic mass is 16.5. The highest BCUT2D eigenvalue weighted by Crippen LogP contribution is 2.19. The zero-order chi connectivity index (χ0) is 21.6. The second-order valence-corrected chi connectivity index (χ2v) is 6.77. The van der Waals surface area contributed by atoms with Gasteiger partial charge in [-0.15, -0.1) is 0 Å². The van der Waals surface area contributed by atoms with Gasteiger partial charge in [-0.25, -0.2) is 9.59 Å². The van der Waals surface area contributed by atoms with Crippen LogP contribution in [-0.2, 0) is 16.1 Å². The molecule has 2 fully saturated rings. The molecule has 2 heterocycles. The van der Waals surface area contributed by atoms with Crippen molar-refractivity contribution in [1.82, 2.24) is 0 Å². The fraction of sp³-hybridized carbons (Fsp3) is 0.391. The summed E-state index contributed by atoms with van der Waals surface area (Å²) in [6.07, 6.45) is 5.11. The van der Waals surface area contributed by atoms with Crippen molar-refractivity contribution in [1.29, 1.82) is 0 Å². The molecule has 2 N–H and O–H groups in total. The average molecular weight is 416 g/mol. The lowest BCUT2D eigenvalue weighted by Crippen LogP contribution is -2.04. The van der Waals surface area contributed by atoms with Crippen LogP contribution < -0.4 is 4.74 Å². The molecule has 0 unspecified atom stereocenters. The molecule has 4 rings (SSSR count). The molecule has 2 aromatic rings. The molecule has 0 amide bonds. The quantitative estimate of drug-likeness (QED) is 0.751. The number of ether oxygens (including phenoxy) is 3. The highest BCUT2D eigenvalue weighted by Gasteiger charge is 2.12. The summed E-state index contributed by atoms with van der Waals surface area (Å²) in [5.74, 6) is -2.18. The van der Waals surface area contributed by atoms with Gasteiger partial charge in [-0.2, -0.15) is 0 Å². The van der Waals surface area contributed by atoms with E-state index >= 15 is 0 Å². The van der Waals surface area contributed by atoms with Gasteiger partial charge >= 0.3 is 11.9 Å². The molecular weight excluding hydrogens is 388 g/mol. The van der Waals surface area contributed by atoms with Crippen LogP contribution in [-0.4, -0.2) is 48.6 Å². The van der Waals surface area contributed by atoms with Gasteiger partial charge in [-0.05, 0) is 49.4 Å². The molecule has 2 aliphatic heterocycles. The zero-order valence-electron chi connectivity index (χ0n) is 16.9. The smallest absolute Gasteiger partial charge is 0.335 e. The van der Waals surface area contributed by atoms with Crippen LogP contribution in [0.2, 0.25) is 0 Å². The summed E-state index contributed by atoms with van der Waals surface area (Å²) in [4.78, 5) is 21.9. The van der Waals surface area contributed by atoms with E-state index < -0.39 is 11.9 Å². The first kappa shape index (κ1) is 23.4. The predicted octanol–water partition coefficient (Wildman–Crippen LogP) is 4.26. The number of benzene rings is 2. The first-order valence-corrected chi connectivity index (χ1v) is 10.00. The minimum Gasteiger partial charge on any atom is -0.489 e. The monoisotopic (exact) mass is 416 g/mol. The van der Waals surface area contributed by atoms with Crippen LogP contribution in [0.3, 0.4) is 0 Å². The van der Waals surface area contributed by atoms with E-state index in [4.69, 9.17) is 24.4 Å². The van der Waals surface area contributed by atoms with E-state index in [0.29, 0.717) is 0 Å². The van der Waals surface area contributed by atoms with Crippen molar-refractivity contribution in [2.45, 2.75) is 32.3 Å². The van der Waals surface area contributed by atoms with E-state index in [1.54, 1.807) is 0 Å². The molecule has 0 bridgehead atoms. The Balaban J connectivity index is 0.000000258. The number of rotatable bonds is 5. The molecule has 0 aromatic heterocycles. The largest absolute Gasteiger partial charge is 0.489 e. The molecule has 0 aliphatic carbocycles. The lowest BCUT2D eigenvalue weighted by atomic mass is 10.1. The molecule has 0 spiro atoms. The fourth-order valence-corrected chi connectivity index (χ4v) is 2.69. The standard InChI is InChI=1S/C15H12O5.2C4H8O/c16-14(17)11-6-12(15(18)19)8-13(7-11)20-9-10-4-2-1-3-5-10;2*1-2-4-5-3-1/h1-8H,9H2,(H,16,17)(H,18,19);2*1-4H2. The number of hydrogen-bond acceptors (Lipinski definition) is 5. The summed E-state index contributed by atoms with van der Waals surface area (Å²) >= 11 is 0. The Morgan fingerprint density at radius 2 is 1.23 bits per heavy atom. The molecule has 30 heavy (non-hydrogen) atoms. The van der Waals surface area contributed by atoms with E-state index in [2.05, 4.69) is 0 Å². The van der Waals surface area contributed by atoms with Gasteiger partial charge in [0.05, 0.1) is 11.1 Å². The third kappa shape index (κ3) is 9.07. The van der Waals surface area contributed by atoms with Gasteiger partial charge in [0.25, 0.3) is 0 Å². The van der Waals surface area contributed by atoms with Crippen LogP contribution in [0.25, 0.3) is 0 Å². The molecule has 0 atom stereocenters. The summed E-state index contributed by atoms with van der Waals surface area (Å²) in [6, 6.07) is 13.0. The van der Waals surface area contributed by atoms with Crippen molar-refractivity contribution < 1.29 is 34.0 Å². The fourth-order valence-electron chi connectivity index (χ4n) is 2.69. The van der Waals surface area contributed by atoms with Gasteiger partial charge in [0, 0.05) is 26.4 Å². The Kier molecular flexibility index (Phi) is 10.4. The molecule has 0 saturated carbocycles. The van der Waals surface area contributed by atoms with Crippen LogP contribution in [0.1, 0.15) is 52.0 Å². The predicted molar refractivity (Wildman–Crippen MR) is 111 cm³/mol. The molecule has 2 saturated heterocycles. The van der Waals surface area contributed by atoms with Gasteiger partial charge in [-0.1, -0.05) is 30.3 Å². The minimum atomic E-state index is -1.20. The van der Waals surface area contributed by atoms with E-state index in [0.717, 1.165) is 38.1 Å². The molecule has 7 nitrogen and oxygen atoms in total. The van der Waals surface area contributed by atoms with E-state index in [1.165, 1.54) is 37.8 Å². The Morgan fingerprint density at radius 1 is 0.767 bits per heavy atom. The van der Waals surface area contributed by atoms with Crippen LogP contribution in [0.4, 0.5) is 0 Å².